The van der Waals surface area contributed by atoms with Crippen LogP contribution in [-0.2, 0) is 19.5 Å². The lowest BCUT2D eigenvalue weighted by atomic mass is 10.2. The monoisotopic (exact) mass is 376 g/mol. The zero-order chi connectivity index (χ0) is 18.1. The fourth-order valence-corrected chi connectivity index (χ4v) is 4.28. The quantitative estimate of drug-likeness (QED) is 0.549. The van der Waals surface area contributed by atoms with Gasteiger partial charge < -0.3 is 4.57 Å². The largest absolute Gasteiger partial charge is 0.310 e. The second kappa shape index (κ2) is 7.09. The van der Waals surface area contributed by atoms with Crippen LogP contribution in [-0.4, -0.2) is 42.3 Å². The predicted octanol–water partition coefficient (Wildman–Crippen LogP) is 3.25. The molecule has 0 unspecified atom stereocenters. The maximum atomic E-state index is 4.46. The van der Waals surface area contributed by atoms with Gasteiger partial charge >= 0.3 is 0 Å². The van der Waals surface area contributed by atoms with Gasteiger partial charge in [-0.2, -0.15) is 0 Å². The molecule has 4 heterocycles. The lowest BCUT2D eigenvalue weighted by Crippen LogP contribution is -2.27. The molecule has 0 N–H and O–H groups in total. The van der Waals surface area contributed by atoms with E-state index in [1.54, 1.807) is 11.3 Å². The van der Waals surface area contributed by atoms with Crippen LogP contribution >= 0.6 is 11.3 Å². The standard InChI is InChI=1S/C20H20N6S/c1-2-5-16(6-3-1)19-23-22-18-8-11-24(12-13-26(18)19)15-17-7-4-10-25(17)20-21-9-14-27-20/h1-7,9-10,14H,8,11-13,15H2. The van der Waals surface area contributed by atoms with Crippen LogP contribution in [0.4, 0.5) is 0 Å². The van der Waals surface area contributed by atoms with Crippen LogP contribution in [0, 0.1) is 0 Å². The van der Waals surface area contributed by atoms with Gasteiger partial charge in [0.15, 0.2) is 11.0 Å². The van der Waals surface area contributed by atoms with Crippen LogP contribution in [0.5, 0.6) is 0 Å². The SMILES string of the molecule is c1ccc(-c2nnc3n2CCN(Cc2cccn2-c2nccs2)CC3)cc1. The lowest BCUT2D eigenvalue weighted by molar-refractivity contribution is 0.267. The zero-order valence-electron chi connectivity index (χ0n) is 14.9. The highest BCUT2D eigenvalue weighted by Crippen LogP contribution is 2.21. The summed E-state index contributed by atoms with van der Waals surface area (Å²) in [6, 6.07) is 14.6. The first kappa shape index (κ1) is 16.4. The van der Waals surface area contributed by atoms with Gasteiger partial charge in [0.1, 0.15) is 5.82 Å². The summed E-state index contributed by atoms with van der Waals surface area (Å²) in [6.07, 6.45) is 4.86. The molecule has 3 aromatic heterocycles. The lowest BCUT2D eigenvalue weighted by Gasteiger charge is -2.20. The Kier molecular flexibility index (Phi) is 4.31. The Hall–Kier alpha value is -2.77. The number of thiazole rings is 1. The van der Waals surface area contributed by atoms with E-state index in [1.165, 1.54) is 5.69 Å². The number of fused-ring (bicyclic) bond motifs is 1. The average Bonchev–Trinajstić information content (AvgIpc) is 3.43. The van der Waals surface area contributed by atoms with Gasteiger partial charge in [-0.3, -0.25) is 9.47 Å². The van der Waals surface area contributed by atoms with Crippen LogP contribution in [0.1, 0.15) is 11.5 Å². The molecule has 1 aliphatic rings. The topological polar surface area (TPSA) is 51.8 Å². The van der Waals surface area contributed by atoms with E-state index < -0.39 is 0 Å². The van der Waals surface area contributed by atoms with Crippen LogP contribution in [0.25, 0.3) is 16.5 Å². The van der Waals surface area contributed by atoms with Crippen molar-refractivity contribution >= 4 is 11.3 Å². The van der Waals surface area contributed by atoms with Crippen molar-refractivity contribution in [1.29, 1.82) is 0 Å². The van der Waals surface area contributed by atoms with E-state index in [0.717, 1.165) is 54.9 Å². The van der Waals surface area contributed by atoms with Gasteiger partial charge in [-0.15, -0.1) is 21.5 Å². The minimum atomic E-state index is 0.907. The molecule has 136 valence electrons. The Morgan fingerprint density at radius 1 is 0.963 bits per heavy atom. The molecule has 1 aliphatic heterocycles. The Balaban J connectivity index is 1.34. The van der Waals surface area contributed by atoms with E-state index in [2.05, 4.69) is 59.7 Å². The first-order valence-electron chi connectivity index (χ1n) is 9.14. The molecule has 0 saturated heterocycles. The molecule has 27 heavy (non-hydrogen) atoms. The minimum absolute atomic E-state index is 0.907. The van der Waals surface area contributed by atoms with E-state index in [-0.39, 0.29) is 0 Å². The fourth-order valence-electron chi connectivity index (χ4n) is 3.62. The van der Waals surface area contributed by atoms with Gasteiger partial charge in [-0.25, -0.2) is 4.98 Å². The first-order valence-corrected chi connectivity index (χ1v) is 10.0. The molecule has 0 spiro atoms. The van der Waals surface area contributed by atoms with E-state index in [0.29, 0.717) is 0 Å². The highest BCUT2D eigenvalue weighted by atomic mass is 32.1. The number of nitrogens with zero attached hydrogens (tertiary/aromatic N) is 6. The van der Waals surface area contributed by atoms with Crippen molar-refractivity contribution in [2.45, 2.75) is 19.5 Å². The maximum Gasteiger partial charge on any atom is 0.193 e. The van der Waals surface area contributed by atoms with Crippen LogP contribution in [0.2, 0.25) is 0 Å². The van der Waals surface area contributed by atoms with Gasteiger partial charge in [0.05, 0.1) is 0 Å². The molecule has 1 aromatic carbocycles. The summed E-state index contributed by atoms with van der Waals surface area (Å²) in [4.78, 5) is 6.93. The molecule has 7 heteroatoms. The first-order chi connectivity index (χ1) is 13.4. The van der Waals surface area contributed by atoms with Crippen molar-refractivity contribution in [3.63, 3.8) is 0 Å². The summed E-state index contributed by atoms with van der Waals surface area (Å²) in [5.74, 6) is 2.05. The van der Waals surface area contributed by atoms with E-state index in [9.17, 15) is 0 Å². The van der Waals surface area contributed by atoms with Crippen molar-refractivity contribution in [1.82, 2.24) is 29.2 Å². The van der Waals surface area contributed by atoms with Crippen molar-refractivity contribution in [3.05, 3.63) is 71.8 Å². The Bertz CT molecular complexity index is 1020. The highest BCUT2D eigenvalue weighted by molar-refractivity contribution is 7.12. The van der Waals surface area contributed by atoms with E-state index >= 15 is 0 Å². The summed E-state index contributed by atoms with van der Waals surface area (Å²) < 4.78 is 4.46. The van der Waals surface area contributed by atoms with Gasteiger partial charge in [0.25, 0.3) is 0 Å². The molecule has 0 radical (unpaired) electrons. The van der Waals surface area contributed by atoms with Gasteiger partial charge in [-0.1, -0.05) is 30.3 Å². The second-order valence-corrected chi connectivity index (χ2v) is 7.54. The van der Waals surface area contributed by atoms with Crippen molar-refractivity contribution in [3.8, 4) is 16.5 Å². The summed E-state index contributed by atoms with van der Waals surface area (Å²) >= 11 is 1.66. The third-order valence-electron chi connectivity index (χ3n) is 5.00. The highest BCUT2D eigenvalue weighted by Gasteiger charge is 2.20. The minimum Gasteiger partial charge on any atom is -0.310 e. The molecule has 0 atom stereocenters. The van der Waals surface area contributed by atoms with Gasteiger partial charge in [0.2, 0.25) is 0 Å². The summed E-state index contributed by atoms with van der Waals surface area (Å²) in [5.41, 5.74) is 2.40. The third-order valence-corrected chi connectivity index (χ3v) is 5.77. The summed E-state index contributed by atoms with van der Waals surface area (Å²) in [6.45, 7) is 3.78. The van der Waals surface area contributed by atoms with Crippen molar-refractivity contribution in [2.75, 3.05) is 13.1 Å². The number of benzene rings is 1. The second-order valence-electron chi connectivity index (χ2n) is 6.67. The van der Waals surface area contributed by atoms with Crippen molar-refractivity contribution in [2.24, 2.45) is 0 Å². The summed E-state index contributed by atoms with van der Waals surface area (Å²) in [5, 5.41) is 11.9. The molecule has 4 aromatic rings. The van der Waals surface area contributed by atoms with E-state index in [1.807, 2.05) is 29.8 Å². The predicted molar refractivity (Wildman–Crippen MR) is 106 cm³/mol. The molecule has 0 saturated carbocycles. The molecular formula is C20H20N6S. The normalized spacial score (nSPS) is 14.8. The van der Waals surface area contributed by atoms with Gasteiger partial charge in [-0.05, 0) is 12.1 Å². The fraction of sp³-hybridized carbons (Fsp3) is 0.250. The maximum absolute atomic E-state index is 4.46. The molecule has 0 aliphatic carbocycles. The Morgan fingerprint density at radius 3 is 2.74 bits per heavy atom. The third kappa shape index (κ3) is 3.20. The van der Waals surface area contributed by atoms with Crippen LogP contribution in [0.3, 0.4) is 0 Å². The molecule has 0 amide bonds. The average molecular weight is 376 g/mol. The molecule has 0 bridgehead atoms. The molecular weight excluding hydrogens is 356 g/mol. The zero-order valence-corrected chi connectivity index (χ0v) is 15.7. The Labute approximate surface area is 161 Å². The number of hydrogen-bond donors (Lipinski definition) is 0. The smallest absolute Gasteiger partial charge is 0.193 e. The van der Waals surface area contributed by atoms with Crippen molar-refractivity contribution < 1.29 is 0 Å². The van der Waals surface area contributed by atoms with E-state index in [4.69, 9.17) is 0 Å². The number of hydrogen-bond acceptors (Lipinski definition) is 5. The van der Waals surface area contributed by atoms with Gasteiger partial charge in [0, 0.05) is 61.6 Å². The number of rotatable bonds is 4. The van der Waals surface area contributed by atoms with Crippen LogP contribution in [0.15, 0.2) is 60.2 Å². The summed E-state index contributed by atoms with van der Waals surface area (Å²) in [7, 11) is 0. The van der Waals surface area contributed by atoms with Crippen LogP contribution < -0.4 is 0 Å². The Morgan fingerprint density at radius 2 is 1.89 bits per heavy atom. The molecule has 6 nitrogen and oxygen atoms in total. The molecule has 0 fully saturated rings. The molecule has 5 rings (SSSR count). The number of aromatic nitrogens is 5.